The van der Waals surface area contributed by atoms with Crippen LogP contribution < -0.4 is 0 Å². The lowest BCUT2D eigenvalue weighted by Crippen LogP contribution is -2.17. The first-order chi connectivity index (χ1) is 6.56. The molecule has 0 spiro atoms. The molecule has 0 saturated carbocycles. The zero-order chi connectivity index (χ0) is 10.7. The molecule has 0 heterocycles. The lowest BCUT2D eigenvalue weighted by atomic mass is 9.95. The molecule has 14 heavy (non-hydrogen) atoms. The molecule has 0 aliphatic heterocycles. The van der Waals surface area contributed by atoms with Gasteiger partial charge in [0.25, 0.3) is 0 Å². The summed E-state index contributed by atoms with van der Waals surface area (Å²) in [5, 5.41) is -0.243. The minimum atomic E-state index is -0.517. The Bertz CT molecular complexity index is 328. The van der Waals surface area contributed by atoms with Gasteiger partial charge in [-0.15, -0.1) is 11.6 Å². The van der Waals surface area contributed by atoms with Crippen molar-refractivity contribution >= 4 is 23.4 Å². The maximum atomic E-state index is 11.3. The van der Waals surface area contributed by atoms with E-state index in [0.717, 1.165) is 0 Å². The lowest BCUT2D eigenvalue weighted by molar-refractivity contribution is -0.136. The molecule has 1 unspecified atom stereocenters. The second-order valence-electron chi connectivity index (χ2n) is 3.00. The molecule has 1 aliphatic carbocycles. The molecule has 3 nitrogen and oxygen atoms in total. The summed E-state index contributed by atoms with van der Waals surface area (Å²) in [5.41, 5.74) is 0.667. The van der Waals surface area contributed by atoms with Crippen LogP contribution >= 0.6 is 11.6 Å². The van der Waals surface area contributed by atoms with E-state index in [4.69, 9.17) is 11.6 Å². The van der Waals surface area contributed by atoms with Gasteiger partial charge in [0.2, 0.25) is 0 Å². The SMILES string of the molecule is COC(=O)C1=CC(Cl)CC=C1C(C)=O. The molecule has 0 amide bonds. The van der Waals surface area contributed by atoms with Crippen LogP contribution in [0.2, 0.25) is 0 Å². The Hall–Kier alpha value is -1.09. The second kappa shape index (κ2) is 4.42. The van der Waals surface area contributed by atoms with E-state index in [2.05, 4.69) is 4.74 Å². The summed E-state index contributed by atoms with van der Waals surface area (Å²) in [6, 6.07) is 0. The quantitative estimate of drug-likeness (QED) is 0.518. The van der Waals surface area contributed by atoms with Crippen molar-refractivity contribution in [2.75, 3.05) is 7.11 Å². The highest BCUT2D eigenvalue weighted by Crippen LogP contribution is 2.23. The molecule has 1 atom stereocenters. The van der Waals surface area contributed by atoms with Crippen LogP contribution in [0.15, 0.2) is 23.3 Å². The largest absolute Gasteiger partial charge is 0.465 e. The number of rotatable bonds is 2. The molecular weight excluding hydrogens is 204 g/mol. The summed E-state index contributed by atoms with van der Waals surface area (Å²) in [7, 11) is 1.28. The van der Waals surface area contributed by atoms with Crippen LogP contribution in [-0.4, -0.2) is 24.2 Å². The smallest absolute Gasteiger partial charge is 0.338 e. The first-order valence-electron chi connectivity index (χ1n) is 4.22. The average Bonchev–Trinajstić information content (AvgIpc) is 2.16. The Labute approximate surface area is 87.4 Å². The minimum Gasteiger partial charge on any atom is -0.465 e. The Morgan fingerprint density at radius 2 is 2.14 bits per heavy atom. The van der Waals surface area contributed by atoms with Gasteiger partial charge in [0.05, 0.1) is 18.1 Å². The first kappa shape index (κ1) is 11.0. The zero-order valence-corrected chi connectivity index (χ0v) is 8.80. The summed E-state index contributed by atoms with van der Waals surface area (Å²) in [4.78, 5) is 22.5. The van der Waals surface area contributed by atoms with Gasteiger partial charge in [-0.3, -0.25) is 4.79 Å². The molecule has 1 aliphatic rings. The Morgan fingerprint density at radius 1 is 1.50 bits per heavy atom. The standard InChI is InChI=1S/C10H11ClO3/c1-6(12)8-4-3-7(11)5-9(8)10(13)14-2/h4-5,7H,3H2,1-2H3. The second-order valence-corrected chi connectivity index (χ2v) is 3.56. The van der Waals surface area contributed by atoms with Crippen LogP contribution in [0.3, 0.4) is 0 Å². The normalized spacial score (nSPS) is 20.9. The van der Waals surface area contributed by atoms with Crippen molar-refractivity contribution in [3.05, 3.63) is 23.3 Å². The Kier molecular flexibility index (Phi) is 3.47. The van der Waals surface area contributed by atoms with Gasteiger partial charge in [-0.25, -0.2) is 4.79 Å². The van der Waals surface area contributed by atoms with Crippen molar-refractivity contribution in [3.8, 4) is 0 Å². The number of carbonyl (C=O) groups is 2. The number of methoxy groups -OCH3 is 1. The molecule has 0 N–H and O–H groups in total. The van der Waals surface area contributed by atoms with Gasteiger partial charge in [-0.1, -0.05) is 12.2 Å². The number of hydrogen-bond acceptors (Lipinski definition) is 3. The monoisotopic (exact) mass is 214 g/mol. The number of Topliss-reactive ketones (excluding diaryl/α,β-unsaturated/α-hetero) is 1. The lowest BCUT2D eigenvalue weighted by Gasteiger charge is -2.14. The third-order valence-corrected chi connectivity index (χ3v) is 2.27. The fourth-order valence-electron chi connectivity index (χ4n) is 1.30. The zero-order valence-electron chi connectivity index (χ0n) is 8.04. The summed E-state index contributed by atoms with van der Waals surface area (Å²) in [6.45, 7) is 1.41. The number of carbonyl (C=O) groups excluding carboxylic acids is 2. The molecule has 1 rings (SSSR count). The van der Waals surface area contributed by atoms with E-state index in [1.54, 1.807) is 12.2 Å². The van der Waals surface area contributed by atoms with Crippen LogP contribution in [0.5, 0.6) is 0 Å². The molecule has 0 aromatic rings. The number of alkyl halides is 1. The minimum absolute atomic E-state index is 0.148. The summed E-state index contributed by atoms with van der Waals surface area (Å²) >= 11 is 5.84. The van der Waals surface area contributed by atoms with Crippen molar-refractivity contribution in [3.63, 3.8) is 0 Å². The van der Waals surface area contributed by atoms with Gasteiger partial charge < -0.3 is 4.74 Å². The van der Waals surface area contributed by atoms with E-state index in [1.807, 2.05) is 0 Å². The van der Waals surface area contributed by atoms with Gasteiger partial charge in [0.15, 0.2) is 5.78 Å². The number of esters is 1. The van der Waals surface area contributed by atoms with E-state index in [1.165, 1.54) is 14.0 Å². The fourth-order valence-corrected chi connectivity index (χ4v) is 1.52. The molecular formula is C10H11ClO3. The Morgan fingerprint density at radius 3 is 2.64 bits per heavy atom. The summed E-state index contributed by atoms with van der Waals surface area (Å²) in [5.74, 6) is -0.665. The predicted molar refractivity (Wildman–Crippen MR) is 53.1 cm³/mol. The van der Waals surface area contributed by atoms with Crippen molar-refractivity contribution in [2.45, 2.75) is 18.7 Å². The highest BCUT2D eigenvalue weighted by Gasteiger charge is 2.23. The molecule has 0 fully saturated rings. The molecule has 0 bridgehead atoms. The predicted octanol–water partition coefficient (Wildman–Crippen LogP) is 1.61. The van der Waals surface area contributed by atoms with Gasteiger partial charge >= 0.3 is 5.97 Å². The van der Waals surface area contributed by atoms with Crippen LogP contribution in [0.25, 0.3) is 0 Å². The van der Waals surface area contributed by atoms with Gasteiger partial charge in [-0.2, -0.15) is 0 Å². The van der Waals surface area contributed by atoms with Crippen LogP contribution in [0.4, 0.5) is 0 Å². The van der Waals surface area contributed by atoms with Crippen LogP contribution in [-0.2, 0) is 14.3 Å². The fraction of sp³-hybridized carbons (Fsp3) is 0.400. The molecule has 76 valence electrons. The van der Waals surface area contributed by atoms with E-state index < -0.39 is 5.97 Å². The molecule has 4 heteroatoms. The van der Waals surface area contributed by atoms with Crippen LogP contribution in [0, 0.1) is 0 Å². The third kappa shape index (κ3) is 2.23. The molecule has 0 radical (unpaired) electrons. The number of hydrogen-bond donors (Lipinski definition) is 0. The van der Waals surface area contributed by atoms with Crippen molar-refractivity contribution in [1.82, 2.24) is 0 Å². The van der Waals surface area contributed by atoms with Gasteiger partial charge in [-0.05, 0) is 13.3 Å². The van der Waals surface area contributed by atoms with E-state index in [0.29, 0.717) is 12.0 Å². The number of halogens is 1. The maximum absolute atomic E-state index is 11.3. The number of allylic oxidation sites excluding steroid dienone is 2. The average molecular weight is 215 g/mol. The van der Waals surface area contributed by atoms with Crippen LogP contribution in [0.1, 0.15) is 13.3 Å². The van der Waals surface area contributed by atoms with E-state index in [-0.39, 0.29) is 16.7 Å². The highest BCUT2D eigenvalue weighted by atomic mass is 35.5. The van der Waals surface area contributed by atoms with E-state index in [9.17, 15) is 9.59 Å². The topological polar surface area (TPSA) is 43.4 Å². The van der Waals surface area contributed by atoms with Crippen molar-refractivity contribution in [1.29, 1.82) is 0 Å². The molecule has 0 aromatic heterocycles. The summed E-state index contributed by atoms with van der Waals surface area (Å²) < 4.78 is 4.56. The molecule has 0 saturated heterocycles. The molecule has 0 aromatic carbocycles. The Balaban J connectivity index is 3.02. The highest BCUT2D eigenvalue weighted by molar-refractivity contribution is 6.23. The maximum Gasteiger partial charge on any atom is 0.338 e. The van der Waals surface area contributed by atoms with Gasteiger partial charge in [0, 0.05) is 5.57 Å². The first-order valence-corrected chi connectivity index (χ1v) is 4.65. The van der Waals surface area contributed by atoms with Crippen molar-refractivity contribution < 1.29 is 14.3 Å². The van der Waals surface area contributed by atoms with Gasteiger partial charge in [0.1, 0.15) is 0 Å². The number of ketones is 1. The van der Waals surface area contributed by atoms with Crippen molar-refractivity contribution in [2.24, 2.45) is 0 Å². The third-order valence-electron chi connectivity index (χ3n) is 1.97. The van der Waals surface area contributed by atoms with E-state index >= 15 is 0 Å². The summed E-state index contributed by atoms with van der Waals surface area (Å²) in [6.07, 6.45) is 3.80. The number of ether oxygens (including phenoxy) is 1.